The van der Waals surface area contributed by atoms with E-state index in [4.69, 9.17) is 9.47 Å². The zero-order valence-corrected chi connectivity index (χ0v) is 18.8. The van der Waals surface area contributed by atoms with Crippen LogP contribution in [0.5, 0.6) is 11.5 Å². The van der Waals surface area contributed by atoms with E-state index in [0.29, 0.717) is 40.4 Å². The van der Waals surface area contributed by atoms with E-state index < -0.39 is 5.91 Å². The van der Waals surface area contributed by atoms with Gasteiger partial charge in [0.05, 0.1) is 11.1 Å². The molecule has 2 rings (SSSR count). The standard InChI is InChI=1S/C23H24BrN3O3/c1-5-11-30-22-20(24)13-16(14-21(22)29-6-2)12-17(15-25)23(28)26-18-7-9-19(10-8-18)27(3)4/h5,7-10,12-14H,1,6,11H2,2-4H3,(H,26,28)/b17-12-. The lowest BCUT2D eigenvalue weighted by molar-refractivity contribution is -0.112. The lowest BCUT2D eigenvalue weighted by atomic mass is 10.1. The molecule has 0 unspecified atom stereocenters. The number of nitrogens with zero attached hydrogens (tertiary/aromatic N) is 2. The number of hydrogen-bond donors (Lipinski definition) is 1. The Morgan fingerprint density at radius 1 is 1.27 bits per heavy atom. The fourth-order valence-corrected chi connectivity index (χ4v) is 3.15. The van der Waals surface area contributed by atoms with Gasteiger partial charge in [0.15, 0.2) is 11.5 Å². The number of amides is 1. The quantitative estimate of drug-likeness (QED) is 0.316. The summed E-state index contributed by atoms with van der Waals surface area (Å²) in [7, 11) is 3.87. The summed E-state index contributed by atoms with van der Waals surface area (Å²) in [4.78, 5) is 14.5. The highest BCUT2D eigenvalue weighted by atomic mass is 79.9. The third-order valence-corrected chi connectivity index (χ3v) is 4.58. The largest absolute Gasteiger partial charge is 0.490 e. The van der Waals surface area contributed by atoms with Crippen LogP contribution in [0.25, 0.3) is 6.08 Å². The van der Waals surface area contributed by atoms with Crippen molar-refractivity contribution >= 4 is 39.3 Å². The van der Waals surface area contributed by atoms with E-state index in [1.54, 1.807) is 30.3 Å². The fourth-order valence-electron chi connectivity index (χ4n) is 2.57. The molecule has 1 N–H and O–H groups in total. The summed E-state index contributed by atoms with van der Waals surface area (Å²) in [5.41, 5.74) is 2.22. The van der Waals surface area contributed by atoms with Gasteiger partial charge in [-0.3, -0.25) is 4.79 Å². The van der Waals surface area contributed by atoms with E-state index in [1.807, 2.05) is 44.1 Å². The van der Waals surface area contributed by atoms with Crippen molar-refractivity contribution in [1.82, 2.24) is 0 Å². The number of halogens is 1. The van der Waals surface area contributed by atoms with Crippen molar-refractivity contribution in [2.24, 2.45) is 0 Å². The number of ether oxygens (including phenoxy) is 2. The molecule has 0 radical (unpaired) electrons. The maximum atomic E-state index is 12.6. The second kappa shape index (κ2) is 11.1. The van der Waals surface area contributed by atoms with E-state index in [2.05, 4.69) is 27.8 Å². The van der Waals surface area contributed by atoms with Crippen LogP contribution in [-0.4, -0.2) is 33.2 Å². The summed E-state index contributed by atoms with van der Waals surface area (Å²) in [6, 6.07) is 12.8. The van der Waals surface area contributed by atoms with Gasteiger partial charge in [0.1, 0.15) is 18.2 Å². The summed E-state index contributed by atoms with van der Waals surface area (Å²) >= 11 is 3.46. The van der Waals surface area contributed by atoms with Crippen LogP contribution < -0.4 is 19.7 Å². The lowest BCUT2D eigenvalue weighted by Crippen LogP contribution is -2.14. The first-order valence-electron chi connectivity index (χ1n) is 9.30. The van der Waals surface area contributed by atoms with Gasteiger partial charge in [0, 0.05) is 25.5 Å². The molecule has 156 valence electrons. The molecule has 2 aromatic carbocycles. The molecule has 0 bridgehead atoms. The van der Waals surface area contributed by atoms with Gasteiger partial charge in [0.2, 0.25) is 0 Å². The topological polar surface area (TPSA) is 74.6 Å². The van der Waals surface area contributed by atoms with E-state index in [0.717, 1.165) is 5.69 Å². The van der Waals surface area contributed by atoms with Crippen molar-refractivity contribution in [2.75, 3.05) is 37.5 Å². The van der Waals surface area contributed by atoms with Gasteiger partial charge in [0.25, 0.3) is 5.91 Å². The van der Waals surface area contributed by atoms with Crippen LogP contribution in [0.15, 0.2) is 59.1 Å². The molecule has 0 spiro atoms. The van der Waals surface area contributed by atoms with Crippen LogP contribution in [-0.2, 0) is 4.79 Å². The average Bonchev–Trinajstić information content (AvgIpc) is 2.72. The third kappa shape index (κ3) is 6.13. The number of nitrogens with one attached hydrogen (secondary N) is 1. The third-order valence-electron chi connectivity index (χ3n) is 3.99. The van der Waals surface area contributed by atoms with Crippen LogP contribution >= 0.6 is 15.9 Å². The Bertz CT molecular complexity index is 976. The van der Waals surface area contributed by atoms with Gasteiger partial charge >= 0.3 is 0 Å². The summed E-state index contributed by atoms with van der Waals surface area (Å²) in [6.07, 6.45) is 3.15. The Hall–Kier alpha value is -3.24. The smallest absolute Gasteiger partial charge is 0.266 e. The van der Waals surface area contributed by atoms with Crippen molar-refractivity contribution < 1.29 is 14.3 Å². The first-order chi connectivity index (χ1) is 14.4. The second-order valence-corrected chi connectivity index (χ2v) is 7.28. The highest BCUT2D eigenvalue weighted by molar-refractivity contribution is 9.10. The summed E-state index contributed by atoms with van der Waals surface area (Å²) < 4.78 is 12.0. The Morgan fingerprint density at radius 2 is 1.97 bits per heavy atom. The predicted octanol–water partition coefficient (Wildman–Crippen LogP) is 5.02. The predicted molar refractivity (Wildman–Crippen MR) is 124 cm³/mol. The van der Waals surface area contributed by atoms with E-state index in [-0.39, 0.29) is 5.57 Å². The van der Waals surface area contributed by atoms with Crippen molar-refractivity contribution in [3.05, 3.63) is 64.7 Å². The summed E-state index contributed by atoms with van der Waals surface area (Å²) in [5.74, 6) is 0.561. The van der Waals surface area contributed by atoms with E-state index in [9.17, 15) is 10.1 Å². The average molecular weight is 470 g/mol. The minimum Gasteiger partial charge on any atom is -0.490 e. The first kappa shape index (κ1) is 23.0. The zero-order valence-electron chi connectivity index (χ0n) is 17.2. The monoisotopic (exact) mass is 469 g/mol. The number of rotatable bonds is 9. The molecule has 0 atom stereocenters. The van der Waals surface area contributed by atoms with Crippen LogP contribution in [0, 0.1) is 11.3 Å². The Balaban J connectivity index is 2.28. The van der Waals surface area contributed by atoms with Gasteiger partial charge in [-0.1, -0.05) is 12.7 Å². The molecule has 0 aliphatic carbocycles. The van der Waals surface area contributed by atoms with Gasteiger partial charge in [-0.2, -0.15) is 5.26 Å². The summed E-state index contributed by atoms with van der Waals surface area (Å²) in [5, 5.41) is 12.2. The van der Waals surface area contributed by atoms with Crippen LogP contribution in [0.2, 0.25) is 0 Å². The molecule has 0 heterocycles. The van der Waals surface area contributed by atoms with Gasteiger partial charge in [-0.15, -0.1) is 0 Å². The minimum atomic E-state index is -0.490. The number of hydrogen-bond acceptors (Lipinski definition) is 5. The molecule has 6 nitrogen and oxygen atoms in total. The van der Waals surface area contributed by atoms with Crippen LogP contribution in [0.4, 0.5) is 11.4 Å². The van der Waals surface area contributed by atoms with Gasteiger partial charge < -0.3 is 19.7 Å². The molecule has 0 aliphatic rings. The molecule has 30 heavy (non-hydrogen) atoms. The maximum absolute atomic E-state index is 12.6. The van der Waals surface area contributed by atoms with Crippen LogP contribution in [0.3, 0.4) is 0 Å². The van der Waals surface area contributed by atoms with Crippen LogP contribution in [0.1, 0.15) is 12.5 Å². The summed E-state index contributed by atoms with van der Waals surface area (Å²) in [6.45, 7) is 6.28. The fraction of sp³-hybridized carbons (Fsp3) is 0.217. The molecule has 0 saturated carbocycles. The van der Waals surface area contributed by atoms with E-state index in [1.165, 1.54) is 6.08 Å². The molecule has 0 aromatic heterocycles. The number of nitriles is 1. The minimum absolute atomic E-state index is 0.0270. The first-order valence-corrected chi connectivity index (χ1v) is 10.1. The van der Waals surface area contributed by atoms with Crippen molar-refractivity contribution in [3.63, 3.8) is 0 Å². The van der Waals surface area contributed by atoms with Crippen molar-refractivity contribution in [3.8, 4) is 17.6 Å². The molecule has 0 saturated heterocycles. The molecular formula is C23H24BrN3O3. The van der Waals surface area contributed by atoms with Gasteiger partial charge in [-0.05, 0) is 70.9 Å². The molecule has 1 amide bonds. The normalized spacial score (nSPS) is 10.7. The molecule has 7 heteroatoms. The Labute approximate surface area is 185 Å². The Kier molecular flexibility index (Phi) is 8.51. The SMILES string of the molecule is C=CCOc1c(Br)cc(/C=C(/C#N)C(=O)Nc2ccc(N(C)C)cc2)cc1OCC. The number of carbonyl (C=O) groups is 1. The van der Waals surface area contributed by atoms with Gasteiger partial charge in [-0.25, -0.2) is 0 Å². The number of benzene rings is 2. The highest BCUT2D eigenvalue weighted by Crippen LogP contribution is 2.37. The second-order valence-electron chi connectivity index (χ2n) is 6.43. The van der Waals surface area contributed by atoms with Crippen molar-refractivity contribution in [2.45, 2.75) is 6.92 Å². The molecule has 0 fully saturated rings. The number of carbonyl (C=O) groups excluding carboxylic acids is 1. The van der Waals surface area contributed by atoms with E-state index >= 15 is 0 Å². The Morgan fingerprint density at radius 3 is 2.53 bits per heavy atom. The molecule has 0 aliphatic heterocycles. The maximum Gasteiger partial charge on any atom is 0.266 e. The van der Waals surface area contributed by atoms with Crippen molar-refractivity contribution in [1.29, 1.82) is 5.26 Å². The molecule has 2 aromatic rings. The molecular weight excluding hydrogens is 446 g/mol. The highest BCUT2D eigenvalue weighted by Gasteiger charge is 2.14. The number of anilines is 2. The zero-order chi connectivity index (χ0) is 22.1. The lowest BCUT2D eigenvalue weighted by Gasteiger charge is -2.14.